The molecule has 2 fully saturated rings. The van der Waals surface area contributed by atoms with E-state index in [2.05, 4.69) is 6.07 Å². The number of hydrogen-bond acceptors (Lipinski definition) is 3. The molecule has 82 valence electrons. The average Bonchev–Trinajstić information content (AvgIpc) is 2.32. The minimum atomic E-state index is -0.225. The highest BCUT2D eigenvalue weighted by Gasteiger charge is 2.42. The summed E-state index contributed by atoms with van der Waals surface area (Å²) in [4.78, 5) is 11.2. The van der Waals surface area contributed by atoms with E-state index in [1.54, 1.807) is 0 Å². The summed E-state index contributed by atoms with van der Waals surface area (Å²) < 4.78 is 5.32. The molecule has 0 radical (unpaired) electrons. The maximum atomic E-state index is 11.2. The Morgan fingerprint density at radius 1 is 1.27 bits per heavy atom. The van der Waals surface area contributed by atoms with Crippen LogP contribution < -0.4 is 0 Å². The van der Waals surface area contributed by atoms with Crippen LogP contribution in [0.5, 0.6) is 0 Å². The molecule has 0 amide bonds. The Bertz CT molecular complexity index is 276. The largest absolute Gasteiger partial charge is 0.381 e. The lowest BCUT2D eigenvalue weighted by Crippen LogP contribution is -2.37. The van der Waals surface area contributed by atoms with E-state index in [0.717, 1.165) is 38.9 Å². The van der Waals surface area contributed by atoms with E-state index < -0.39 is 0 Å². The van der Waals surface area contributed by atoms with Crippen LogP contribution in [0.15, 0.2) is 0 Å². The molecule has 0 aromatic carbocycles. The maximum absolute atomic E-state index is 11.2. The molecule has 1 saturated heterocycles. The average molecular weight is 207 g/mol. The summed E-state index contributed by atoms with van der Waals surface area (Å²) in [6.07, 6.45) is 4.72. The summed E-state index contributed by atoms with van der Waals surface area (Å²) in [5.74, 6) is 0.775. The minimum absolute atomic E-state index is 0.225. The molecule has 2 rings (SSSR count). The molecule has 2 aliphatic rings. The topological polar surface area (TPSA) is 50.1 Å². The second-order valence-electron chi connectivity index (χ2n) is 4.69. The molecule has 15 heavy (non-hydrogen) atoms. The van der Waals surface area contributed by atoms with E-state index in [-0.39, 0.29) is 5.41 Å². The predicted octanol–water partition coefficient (Wildman–Crippen LogP) is 2.07. The van der Waals surface area contributed by atoms with Crippen molar-refractivity contribution in [3.8, 4) is 6.07 Å². The molecule has 0 bridgehead atoms. The van der Waals surface area contributed by atoms with Gasteiger partial charge in [-0.05, 0) is 31.6 Å². The second-order valence-corrected chi connectivity index (χ2v) is 4.69. The molecule has 0 aromatic heterocycles. The smallest absolute Gasteiger partial charge is 0.133 e. The maximum Gasteiger partial charge on any atom is 0.133 e. The van der Waals surface area contributed by atoms with Gasteiger partial charge in [0.15, 0.2) is 0 Å². The predicted molar refractivity (Wildman–Crippen MR) is 55.1 cm³/mol. The lowest BCUT2D eigenvalue weighted by Gasteiger charge is -2.39. The zero-order chi connectivity index (χ0) is 10.7. The molecule has 1 saturated carbocycles. The highest BCUT2D eigenvalue weighted by molar-refractivity contribution is 5.79. The first-order chi connectivity index (χ1) is 7.27. The van der Waals surface area contributed by atoms with Crippen molar-refractivity contribution in [1.29, 1.82) is 5.26 Å². The molecule has 0 atom stereocenters. The Hall–Kier alpha value is -0.880. The van der Waals surface area contributed by atoms with Crippen LogP contribution in [-0.2, 0) is 9.53 Å². The van der Waals surface area contributed by atoms with Gasteiger partial charge in [-0.2, -0.15) is 5.26 Å². The van der Waals surface area contributed by atoms with Crippen molar-refractivity contribution in [2.45, 2.75) is 38.5 Å². The molecule has 1 aliphatic heterocycles. The van der Waals surface area contributed by atoms with Crippen molar-refractivity contribution in [2.75, 3.05) is 13.2 Å². The van der Waals surface area contributed by atoms with E-state index in [1.165, 1.54) is 0 Å². The Labute approximate surface area is 90.4 Å². The lowest BCUT2D eigenvalue weighted by atomic mass is 9.64. The van der Waals surface area contributed by atoms with Gasteiger partial charge in [0.05, 0.1) is 11.5 Å². The Morgan fingerprint density at radius 3 is 2.40 bits per heavy atom. The molecule has 0 aromatic rings. The number of Topliss-reactive ketones (excluding diaryl/α,β-unsaturated/α-hetero) is 1. The number of nitrogens with zero attached hydrogens (tertiary/aromatic N) is 1. The molecule has 3 heteroatoms. The molecular formula is C12H17NO2. The van der Waals surface area contributed by atoms with Crippen LogP contribution in [0.1, 0.15) is 38.5 Å². The highest BCUT2D eigenvalue weighted by Crippen LogP contribution is 2.45. The number of ether oxygens (including phenoxy) is 1. The first-order valence-electron chi connectivity index (χ1n) is 5.77. The van der Waals surface area contributed by atoms with Gasteiger partial charge in [-0.3, -0.25) is 4.79 Å². The van der Waals surface area contributed by atoms with Crippen LogP contribution in [0.25, 0.3) is 0 Å². The molecule has 0 unspecified atom stereocenters. The third kappa shape index (κ3) is 2.05. The normalized spacial score (nSPS) is 27.3. The van der Waals surface area contributed by atoms with Gasteiger partial charge < -0.3 is 4.74 Å². The van der Waals surface area contributed by atoms with E-state index in [9.17, 15) is 10.1 Å². The quantitative estimate of drug-likeness (QED) is 0.661. The van der Waals surface area contributed by atoms with Gasteiger partial charge in [0, 0.05) is 26.1 Å². The molecule has 3 nitrogen and oxygen atoms in total. The summed E-state index contributed by atoms with van der Waals surface area (Å²) in [5.41, 5.74) is -0.225. The number of hydrogen-bond donors (Lipinski definition) is 0. The van der Waals surface area contributed by atoms with Crippen LogP contribution in [0.4, 0.5) is 0 Å². The summed E-state index contributed by atoms with van der Waals surface area (Å²) in [7, 11) is 0. The SMILES string of the molecule is N#CC1(C2CCOCC2)CCC(=O)CC1. The summed E-state index contributed by atoms with van der Waals surface area (Å²) >= 11 is 0. The van der Waals surface area contributed by atoms with Gasteiger partial charge >= 0.3 is 0 Å². The van der Waals surface area contributed by atoms with Crippen molar-refractivity contribution in [3.05, 3.63) is 0 Å². The van der Waals surface area contributed by atoms with Crippen LogP contribution in [-0.4, -0.2) is 19.0 Å². The van der Waals surface area contributed by atoms with Crippen LogP contribution in [0, 0.1) is 22.7 Å². The molecule has 0 N–H and O–H groups in total. The molecule has 1 aliphatic carbocycles. The number of carbonyl (C=O) groups excluding carboxylic acids is 1. The summed E-state index contributed by atoms with van der Waals surface area (Å²) in [6, 6.07) is 2.50. The fourth-order valence-corrected chi connectivity index (χ4v) is 2.84. The Balaban J connectivity index is 2.07. The third-order valence-corrected chi connectivity index (χ3v) is 3.93. The fraction of sp³-hybridized carbons (Fsp3) is 0.833. The molecular weight excluding hydrogens is 190 g/mol. The van der Waals surface area contributed by atoms with Gasteiger partial charge in [0.25, 0.3) is 0 Å². The fourth-order valence-electron chi connectivity index (χ4n) is 2.84. The van der Waals surface area contributed by atoms with Crippen molar-refractivity contribution >= 4 is 5.78 Å². The summed E-state index contributed by atoms with van der Waals surface area (Å²) in [6.45, 7) is 1.56. The van der Waals surface area contributed by atoms with E-state index in [1.807, 2.05) is 0 Å². The van der Waals surface area contributed by atoms with E-state index >= 15 is 0 Å². The van der Waals surface area contributed by atoms with Gasteiger partial charge in [-0.15, -0.1) is 0 Å². The molecule has 0 spiro atoms. The number of carbonyl (C=O) groups is 1. The van der Waals surface area contributed by atoms with Gasteiger partial charge in [-0.1, -0.05) is 0 Å². The van der Waals surface area contributed by atoms with Crippen molar-refractivity contribution < 1.29 is 9.53 Å². The number of nitriles is 1. The molecule has 1 heterocycles. The first-order valence-corrected chi connectivity index (χ1v) is 5.77. The van der Waals surface area contributed by atoms with E-state index in [0.29, 0.717) is 24.5 Å². The van der Waals surface area contributed by atoms with Crippen molar-refractivity contribution in [1.82, 2.24) is 0 Å². The van der Waals surface area contributed by atoms with E-state index in [4.69, 9.17) is 4.74 Å². The lowest BCUT2D eigenvalue weighted by molar-refractivity contribution is -0.122. The monoisotopic (exact) mass is 207 g/mol. The summed E-state index contributed by atoms with van der Waals surface area (Å²) in [5, 5.41) is 9.38. The zero-order valence-corrected chi connectivity index (χ0v) is 9.00. The van der Waals surface area contributed by atoms with Gasteiger partial charge in [-0.25, -0.2) is 0 Å². The van der Waals surface area contributed by atoms with Gasteiger partial charge in [0.2, 0.25) is 0 Å². The third-order valence-electron chi connectivity index (χ3n) is 3.93. The standard InChI is InChI=1S/C12H17NO2/c13-9-12(5-1-11(14)2-6-12)10-3-7-15-8-4-10/h10H,1-8H2. The Morgan fingerprint density at radius 2 is 1.87 bits per heavy atom. The minimum Gasteiger partial charge on any atom is -0.381 e. The zero-order valence-electron chi connectivity index (χ0n) is 9.00. The number of rotatable bonds is 1. The van der Waals surface area contributed by atoms with Crippen LogP contribution in [0.2, 0.25) is 0 Å². The number of ketones is 1. The van der Waals surface area contributed by atoms with Gasteiger partial charge in [0.1, 0.15) is 5.78 Å². The van der Waals surface area contributed by atoms with Crippen molar-refractivity contribution in [3.63, 3.8) is 0 Å². The van der Waals surface area contributed by atoms with Crippen LogP contribution >= 0.6 is 0 Å². The Kier molecular flexibility index (Phi) is 3.06. The first kappa shape index (κ1) is 10.6. The highest BCUT2D eigenvalue weighted by atomic mass is 16.5. The van der Waals surface area contributed by atoms with Crippen LogP contribution in [0.3, 0.4) is 0 Å². The van der Waals surface area contributed by atoms with Crippen molar-refractivity contribution in [2.24, 2.45) is 11.3 Å². The second kappa shape index (κ2) is 4.32.